The molecule has 49 heteroatoms. The van der Waals surface area contributed by atoms with Gasteiger partial charge < -0.3 is 220 Å². The highest BCUT2D eigenvalue weighted by Gasteiger charge is 2.61. The molecule has 1 saturated carbocycles. The Kier molecular flexibility index (Phi) is 29.6. The Morgan fingerprint density at radius 3 is 1.27 bits per heavy atom. The van der Waals surface area contributed by atoms with Gasteiger partial charge in [-0.2, -0.15) is 0 Å². The molecule has 8 aliphatic rings. The fourth-order valence-corrected chi connectivity index (χ4v) is 13.6. The zero-order chi connectivity index (χ0) is 73.3. The van der Waals surface area contributed by atoms with Crippen molar-refractivity contribution in [3.05, 3.63) is 0 Å². The van der Waals surface area contributed by atoms with Crippen molar-refractivity contribution in [3.63, 3.8) is 0 Å². The first-order valence-electron chi connectivity index (χ1n) is 30.7. The lowest BCUT2D eigenvalue weighted by molar-refractivity contribution is -0.407. The molecule has 47 nitrogen and oxygen atoms in total. The number of phosphoric ester groups is 1. The minimum atomic E-state index is -5.65. The van der Waals surface area contributed by atoms with E-state index in [2.05, 4.69) is 4.52 Å². The predicted molar refractivity (Wildman–Crippen MR) is 300 cm³/mol. The van der Waals surface area contributed by atoms with Crippen molar-refractivity contribution in [3.8, 4) is 0 Å². The fourth-order valence-electron chi connectivity index (χ4n) is 12.2. The van der Waals surface area contributed by atoms with Crippen molar-refractivity contribution >= 4 is 15.4 Å². The van der Waals surface area contributed by atoms with Crippen LogP contribution >= 0.6 is 15.4 Å². The molecule has 0 amide bonds. The summed E-state index contributed by atoms with van der Waals surface area (Å²) in [5.74, 6) is 0. The van der Waals surface area contributed by atoms with E-state index >= 15 is 0 Å². The average molecular weight is 1500 g/mol. The van der Waals surface area contributed by atoms with Crippen LogP contribution in [0.1, 0.15) is 0 Å². The molecule has 0 aromatic carbocycles. The van der Waals surface area contributed by atoms with E-state index in [1.54, 1.807) is 0 Å². The number of phosphoric acid groups is 1. The second-order valence-corrected chi connectivity index (χ2v) is 27.7. The van der Waals surface area contributed by atoms with E-state index in [1.165, 1.54) is 0 Å². The Morgan fingerprint density at radius 2 is 0.737 bits per heavy atom. The second-order valence-electron chi connectivity index (χ2n) is 24.6. The summed E-state index contributed by atoms with van der Waals surface area (Å²) in [6, 6.07) is -2.02. The van der Waals surface area contributed by atoms with E-state index in [0.29, 0.717) is 0 Å². The molecule has 8 fully saturated rings. The van der Waals surface area contributed by atoms with Crippen molar-refractivity contribution in [2.24, 2.45) is 11.5 Å². The summed E-state index contributed by atoms with van der Waals surface area (Å²) in [4.78, 5) is 29.7. The van der Waals surface area contributed by atoms with Crippen molar-refractivity contribution in [1.82, 2.24) is 0 Å². The summed E-state index contributed by atoms with van der Waals surface area (Å²) in [6.45, 7) is -8.28. The van der Waals surface area contributed by atoms with Crippen molar-refractivity contribution in [2.75, 3.05) is 59.0 Å². The molecule has 7 heterocycles. The van der Waals surface area contributed by atoms with Crippen LogP contribution in [-0.2, 0) is 84.5 Å². The van der Waals surface area contributed by atoms with Crippen LogP contribution in [-0.4, -0.2) is 448 Å². The highest BCUT2D eigenvalue weighted by molar-refractivity contribution is 7.52. The van der Waals surface area contributed by atoms with E-state index in [9.17, 15) is 146 Å². The maximum absolute atomic E-state index is 12.9. The Hall–Kier alpha value is -1.34. The van der Waals surface area contributed by atoms with Crippen LogP contribution in [0.25, 0.3) is 0 Å². The molecule has 0 aromatic rings. The summed E-state index contributed by atoms with van der Waals surface area (Å²) >= 11 is 0. The van der Waals surface area contributed by atoms with Gasteiger partial charge in [0, 0.05) is 6.54 Å². The van der Waals surface area contributed by atoms with Gasteiger partial charge in [0.15, 0.2) is 44.0 Å². The van der Waals surface area contributed by atoms with Gasteiger partial charge in [-0.15, -0.1) is 0 Å². The number of hydrogen-bond acceptors (Lipinski definition) is 44. The van der Waals surface area contributed by atoms with Crippen LogP contribution in [0.4, 0.5) is 0 Å². The van der Waals surface area contributed by atoms with Gasteiger partial charge in [0.25, 0.3) is 0 Å². The quantitative estimate of drug-likeness (QED) is 0.0309. The lowest BCUT2D eigenvalue weighted by Gasteiger charge is -2.50. The standard InChI is InChI=1S/C50H90N2O45P2/c51-1-2-98(77,78)83-9-16-37(22(64)17(52)44(88-16)93-40-27(69)24(66)25(67)28(70)41(40)97-99(79,80)81)91-45-31(73)23(65)19(61)15(87-45)8-82-49-42(26(68)18(60)12(5-55)85-49)95-50-43(39(21(63)14(7-57)86-50)94-47-33(75)30(72)36(90-47)11(59)4-54)96-48-34(76)38(20(62)13(6-56)84-48)92-46-32(74)29(71)35(89-46)10(58)3-53/h10-50,53-76H,1-9,51-52H2,(H,77,78)(H2,79,80,81)/t10-,11-,12-,13-,14-,15-,16-,17-,18-,19-,20-,21-,22-,23+,24-,25-,26+,27+,28-,29-,30-,31+,32-,33-,34+,35+,36+,37-,38+,39+,40-,41-,42+,43+,44-,45-,46+,47+,48-,49+,50-/m1/s1. The maximum atomic E-state index is 12.9. The summed E-state index contributed by atoms with van der Waals surface area (Å²) in [5, 5.41) is 261. The minimum absolute atomic E-state index is 0.444. The molecule has 0 bridgehead atoms. The van der Waals surface area contributed by atoms with Crippen LogP contribution in [0.2, 0.25) is 0 Å². The van der Waals surface area contributed by atoms with E-state index in [-0.39, 0.29) is 0 Å². The molecule has 8 rings (SSSR count). The van der Waals surface area contributed by atoms with E-state index < -0.39 is 326 Å². The summed E-state index contributed by atoms with van der Waals surface area (Å²) in [7, 11) is -10.3. The topological polar surface area (TPSA) is 780 Å². The normalized spacial score (nSPS) is 49.9. The third kappa shape index (κ3) is 18.5. The number of aliphatic hydroxyl groups is 24. The Labute approximate surface area is 558 Å². The largest absolute Gasteiger partial charge is 0.470 e. The van der Waals surface area contributed by atoms with Crippen molar-refractivity contribution in [1.29, 1.82) is 0 Å². The van der Waals surface area contributed by atoms with E-state index in [1.807, 2.05) is 0 Å². The number of aliphatic hydroxyl groups excluding tert-OH is 24. The van der Waals surface area contributed by atoms with Gasteiger partial charge in [0.05, 0.1) is 58.5 Å². The van der Waals surface area contributed by atoms with Crippen LogP contribution in [0, 0.1) is 0 Å². The van der Waals surface area contributed by atoms with Crippen LogP contribution < -0.4 is 11.5 Å². The van der Waals surface area contributed by atoms with Gasteiger partial charge in [0.2, 0.25) is 0 Å². The zero-order valence-electron chi connectivity index (χ0n) is 51.5. The molecule has 7 aliphatic heterocycles. The molecule has 99 heavy (non-hydrogen) atoms. The van der Waals surface area contributed by atoms with Gasteiger partial charge >= 0.3 is 15.4 Å². The summed E-state index contributed by atoms with van der Waals surface area (Å²) < 4.78 is 116. The molecule has 0 radical (unpaired) electrons. The Bertz CT molecular complexity index is 2590. The fraction of sp³-hybridized carbons (Fsp3) is 1.00. The van der Waals surface area contributed by atoms with Gasteiger partial charge in [-0.1, -0.05) is 0 Å². The van der Waals surface area contributed by atoms with E-state index in [0.717, 1.165) is 0 Å². The predicted octanol–water partition coefficient (Wildman–Crippen LogP) is -18.8. The molecule has 31 N–H and O–H groups in total. The van der Waals surface area contributed by atoms with Gasteiger partial charge in [-0.05, 0) is 0 Å². The minimum Gasteiger partial charge on any atom is -0.394 e. The molecular formula is C50H90N2O45P2. The van der Waals surface area contributed by atoms with Crippen LogP contribution in [0.3, 0.4) is 0 Å². The SMILES string of the molecule is NCCP(=O)(O)OC[C@H]1O[C@H](O[C@@H]2[C@@H](O)[C@H](O)[C@@H](O)[C@@H](O)[C@H]2OP(=O)(O)O)[C@H](N)[C@@H](O)[C@@H]1O[C@H]1O[C@H](CO[C@H]2O[C@H](CO)[C@@H](O)[C@H](O)[C@@H]2O[C@H]2O[C@H](CO)[C@@H](O)[C@H](O[C@@H]3O[C@@H]([C@H](O)CO)[C@H](O)[C@H]3O)[C@@H]2O[C@H]2O[C@H](CO)[C@@H](O)[C@H](O[C@@H]3O[C@@H]([C@H](O)CO)[C@H](O)[C@H]3O)[C@@H]2O)[C@@H](O)[C@H](O)[C@@H]1O. The maximum Gasteiger partial charge on any atom is 0.470 e. The molecular weight excluding hydrogens is 1410 g/mol. The first-order valence-corrected chi connectivity index (χ1v) is 34.0. The molecule has 0 aromatic heterocycles. The highest BCUT2D eigenvalue weighted by Crippen LogP contribution is 2.46. The lowest BCUT2D eigenvalue weighted by atomic mass is 9.84. The van der Waals surface area contributed by atoms with Gasteiger partial charge in [-0.3, -0.25) is 9.09 Å². The summed E-state index contributed by atoms with van der Waals surface area (Å²) in [6.07, 6.45) is -87.7. The third-order valence-corrected chi connectivity index (χ3v) is 19.7. The number of rotatable bonds is 29. The lowest BCUT2D eigenvalue weighted by Crippen LogP contribution is -2.69. The van der Waals surface area contributed by atoms with Gasteiger partial charge in [-0.25, -0.2) is 4.57 Å². The second kappa shape index (κ2) is 35.1. The van der Waals surface area contributed by atoms with Crippen LogP contribution in [0.15, 0.2) is 0 Å². The third-order valence-electron chi connectivity index (χ3n) is 17.8. The molecule has 0 spiro atoms. The number of nitrogens with two attached hydrogens (primary N) is 2. The van der Waals surface area contributed by atoms with Gasteiger partial charge in [0.1, 0.15) is 201 Å². The smallest absolute Gasteiger partial charge is 0.394 e. The van der Waals surface area contributed by atoms with Crippen molar-refractivity contribution in [2.45, 2.75) is 252 Å². The zero-order valence-corrected chi connectivity index (χ0v) is 53.3. The monoisotopic (exact) mass is 1500 g/mol. The molecule has 580 valence electrons. The number of ether oxygens (including phenoxy) is 14. The van der Waals surface area contributed by atoms with Crippen LogP contribution in [0.5, 0.6) is 0 Å². The molecule has 7 saturated heterocycles. The molecule has 42 atom stereocenters. The first-order chi connectivity index (χ1) is 46.5. The first kappa shape index (κ1) is 83.3. The molecule has 1 unspecified atom stereocenters. The Balaban J connectivity index is 1.07. The van der Waals surface area contributed by atoms with Crippen molar-refractivity contribution < 1.29 is 222 Å². The van der Waals surface area contributed by atoms with E-state index in [4.69, 9.17) is 82.3 Å². The highest BCUT2D eigenvalue weighted by atomic mass is 31.2. The molecule has 1 aliphatic carbocycles. The average Bonchev–Trinajstić information content (AvgIpc) is 0.939. The summed E-state index contributed by atoms with van der Waals surface area (Å²) in [5.41, 5.74) is 11.7. The Morgan fingerprint density at radius 1 is 0.354 bits per heavy atom. The number of hydrogen-bond donors (Lipinski definition) is 29.